The van der Waals surface area contributed by atoms with Crippen molar-refractivity contribution in [2.24, 2.45) is 0 Å². The first-order chi connectivity index (χ1) is 14.2. The third-order valence-corrected chi connectivity index (χ3v) is 6.99. The number of aryl methyl sites for hydroxylation is 1. The second-order valence-corrected chi connectivity index (χ2v) is 9.40. The molecule has 1 aromatic heterocycles. The van der Waals surface area contributed by atoms with Crippen LogP contribution in [0.3, 0.4) is 0 Å². The van der Waals surface area contributed by atoms with E-state index < -0.39 is 15.9 Å². The second-order valence-electron chi connectivity index (χ2n) is 7.49. The number of sulfonamides is 1. The topological polar surface area (TPSA) is 117 Å². The lowest BCUT2D eigenvalue weighted by Gasteiger charge is -2.26. The van der Waals surface area contributed by atoms with Gasteiger partial charge in [-0.1, -0.05) is 17.7 Å². The maximum absolute atomic E-state index is 13.0. The molecule has 1 aliphatic rings. The van der Waals surface area contributed by atoms with E-state index >= 15 is 0 Å². The molecule has 1 saturated heterocycles. The summed E-state index contributed by atoms with van der Waals surface area (Å²) < 4.78 is 28.8. The van der Waals surface area contributed by atoms with Crippen molar-refractivity contribution in [3.63, 3.8) is 0 Å². The van der Waals surface area contributed by atoms with Gasteiger partial charge in [-0.15, -0.1) is 5.10 Å². The largest absolute Gasteiger partial charge is 0.347 e. The van der Waals surface area contributed by atoms with Crippen LogP contribution < -0.4 is 5.32 Å². The van der Waals surface area contributed by atoms with Gasteiger partial charge < -0.3 is 10.2 Å². The SMILES string of the molecule is Cc1ccc(NC(=O)c2cn(CC(=O)N(C)C)nn2)cc1S(=O)(=O)N1CCCCC1. The zero-order chi connectivity index (χ0) is 21.9. The van der Waals surface area contributed by atoms with Gasteiger partial charge in [0.05, 0.1) is 11.1 Å². The Morgan fingerprint density at radius 1 is 1.17 bits per heavy atom. The molecule has 2 heterocycles. The first-order valence-corrected chi connectivity index (χ1v) is 11.1. The average Bonchev–Trinajstić information content (AvgIpc) is 3.18. The van der Waals surface area contributed by atoms with E-state index in [4.69, 9.17) is 0 Å². The van der Waals surface area contributed by atoms with E-state index in [2.05, 4.69) is 15.6 Å². The van der Waals surface area contributed by atoms with Gasteiger partial charge in [-0.25, -0.2) is 13.1 Å². The van der Waals surface area contributed by atoms with E-state index in [1.165, 1.54) is 26.2 Å². The number of amides is 2. The number of aromatic nitrogens is 3. The number of carbonyl (C=O) groups is 2. The summed E-state index contributed by atoms with van der Waals surface area (Å²) in [5.74, 6) is -0.721. The molecule has 0 unspecified atom stereocenters. The number of nitrogens with zero attached hydrogens (tertiary/aromatic N) is 5. The lowest BCUT2D eigenvalue weighted by molar-refractivity contribution is -0.129. The van der Waals surface area contributed by atoms with Crippen LogP contribution >= 0.6 is 0 Å². The van der Waals surface area contributed by atoms with E-state index in [1.54, 1.807) is 33.2 Å². The molecule has 0 spiro atoms. The van der Waals surface area contributed by atoms with Crippen LogP contribution in [0.2, 0.25) is 0 Å². The predicted molar refractivity (Wildman–Crippen MR) is 110 cm³/mol. The molecule has 11 heteroatoms. The van der Waals surface area contributed by atoms with Crippen LogP contribution in [0.25, 0.3) is 0 Å². The fourth-order valence-corrected chi connectivity index (χ4v) is 4.92. The monoisotopic (exact) mass is 434 g/mol. The summed E-state index contributed by atoms with van der Waals surface area (Å²) in [5.41, 5.74) is 0.995. The molecule has 0 radical (unpaired) electrons. The molecular formula is C19H26N6O4S. The highest BCUT2D eigenvalue weighted by Gasteiger charge is 2.27. The number of carbonyl (C=O) groups excluding carboxylic acids is 2. The zero-order valence-electron chi connectivity index (χ0n) is 17.3. The normalized spacial score (nSPS) is 15.0. The zero-order valence-corrected chi connectivity index (χ0v) is 18.1. The van der Waals surface area contributed by atoms with Gasteiger partial charge >= 0.3 is 0 Å². The van der Waals surface area contributed by atoms with Gasteiger partial charge in [0.15, 0.2) is 5.69 Å². The van der Waals surface area contributed by atoms with Gasteiger partial charge in [-0.2, -0.15) is 4.31 Å². The van der Waals surface area contributed by atoms with Crippen LogP contribution in [0, 0.1) is 6.92 Å². The molecule has 3 rings (SSSR count). The van der Waals surface area contributed by atoms with Gasteiger partial charge in [-0.05, 0) is 37.5 Å². The minimum atomic E-state index is -3.63. The third kappa shape index (κ3) is 4.85. The van der Waals surface area contributed by atoms with E-state index in [-0.39, 0.29) is 23.0 Å². The first-order valence-electron chi connectivity index (χ1n) is 9.71. The minimum absolute atomic E-state index is 0.0302. The number of likely N-dealkylation sites (N-methyl/N-ethyl adjacent to an activating group) is 1. The smallest absolute Gasteiger partial charge is 0.277 e. The van der Waals surface area contributed by atoms with Gasteiger partial charge in [0.1, 0.15) is 6.54 Å². The van der Waals surface area contributed by atoms with Gasteiger partial charge in [-0.3, -0.25) is 9.59 Å². The molecule has 1 aliphatic heterocycles. The molecule has 1 fully saturated rings. The molecule has 1 aromatic carbocycles. The molecule has 1 N–H and O–H groups in total. The number of benzene rings is 1. The van der Waals surface area contributed by atoms with Crippen molar-refractivity contribution >= 4 is 27.5 Å². The summed E-state index contributed by atoms with van der Waals surface area (Å²) in [6.07, 6.45) is 4.10. The van der Waals surface area contributed by atoms with Crippen LogP contribution in [-0.4, -0.2) is 71.6 Å². The maximum atomic E-state index is 13.0. The quantitative estimate of drug-likeness (QED) is 0.728. The van der Waals surface area contributed by atoms with Crippen molar-refractivity contribution in [2.75, 3.05) is 32.5 Å². The van der Waals surface area contributed by atoms with Crippen LogP contribution in [0.4, 0.5) is 5.69 Å². The molecular weight excluding hydrogens is 408 g/mol. The molecule has 0 bridgehead atoms. The van der Waals surface area contributed by atoms with E-state index in [9.17, 15) is 18.0 Å². The van der Waals surface area contributed by atoms with Crippen molar-refractivity contribution in [3.8, 4) is 0 Å². The van der Waals surface area contributed by atoms with Gasteiger partial charge in [0, 0.05) is 32.9 Å². The Morgan fingerprint density at radius 3 is 2.53 bits per heavy atom. The molecule has 0 atom stereocenters. The van der Waals surface area contributed by atoms with Crippen molar-refractivity contribution < 1.29 is 18.0 Å². The molecule has 2 aromatic rings. The van der Waals surface area contributed by atoms with Crippen molar-refractivity contribution in [2.45, 2.75) is 37.6 Å². The van der Waals surface area contributed by atoms with Crippen molar-refractivity contribution in [1.82, 2.24) is 24.2 Å². The van der Waals surface area contributed by atoms with Crippen molar-refractivity contribution in [3.05, 3.63) is 35.7 Å². The summed E-state index contributed by atoms with van der Waals surface area (Å²) >= 11 is 0. The third-order valence-electron chi connectivity index (χ3n) is 4.95. The summed E-state index contributed by atoms with van der Waals surface area (Å²) in [4.78, 5) is 25.9. The molecule has 10 nitrogen and oxygen atoms in total. The standard InChI is InChI=1S/C19H26N6O4S/c1-14-7-8-15(11-17(14)30(28,29)25-9-5-4-6-10-25)20-19(27)16-12-24(22-21-16)13-18(26)23(2)3/h7-8,11-12H,4-6,9-10,13H2,1-3H3,(H,20,27). The first kappa shape index (κ1) is 21.9. The molecule has 162 valence electrons. The van der Waals surface area contributed by atoms with Crippen LogP contribution in [-0.2, 0) is 21.4 Å². The van der Waals surface area contributed by atoms with Crippen LogP contribution in [0.1, 0.15) is 35.3 Å². The maximum Gasteiger partial charge on any atom is 0.277 e. The van der Waals surface area contributed by atoms with E-state index in [0.29, 0.717) is 24.3 Å². The lowest BCUT2D eigenvalue weighted by atomic mass is 10.2. The minimum Gasteiger partial charge on any atom is -0.347 e. The number of piperidine rings is 1. The Hall–Kier alpha value is -2.79. The number of rotatable bonds is 6. The molecule has 0 aliphatic carbocycles. The Morgan fingerprint density at radius 2 is 1.87 bits per heavy atom. The molecule has 30 heavy (non-hydrogen) atoms. The predicted octanol–water partition coefficient (Wildman–Crippen LogP) is 1.10. The second kappa shape index (κ2) is 8.92. The number of anilines is 1. The summed E-state index contributed by atoms with van der Waals surface area (Å²) in [7, 11) is -0.376. The summed E-state index contributed by atoms with van der Waals surface area (Å²) in [6.45, 7) is 2.71. The average molecular weight is 435 g/mol. The number of nitrogens with one attached hydrogen (secondary N) is 1. The van der Waals surface area contributed by atoms with Crippen molar-refractivity contribution in [1.29, 1.82) is 0 Å². The Kier molecular flexibility index (Phi) is 6.52. The fourth-order valence-electron chi connectivity index (χ4n) is 3.15. The Balaban J connectivity index is 1.76. The summed E-state index contributed by atoms with van der Waals surface area (Å²) in [5, 5.41) is 10.2. The van der Waals surface area contributed by atoms with Crippen LogP contribution in [0.5, 0.6) is 0 Å². The number of hydrogen-bond donors (Lipinski definition) is 1. The highest BCUT2D eigenvalue weighted by molar-refractivity contribution is 7.89. The molecule has 2 amide bonds. The highest BCUT2D eigenvalue weighted by atomic mass is 32.2. The lowest BCUT2D eigenvalue weighted by Crippen LogP contribution is -2.36. The highest BCUT2D eigenvalue weighted by Crippen LogP contribution is 2.26. The van der Waals surface area contributed by atoms with E-state index in [1.807, 2.05) is 0 Å². The Bertz CT molecular complexity index is 1040. The summed E-state index contributed by atoms with van der Waals surface area (Å²) in [6, 6.07) is 4.78. The van der Waals surface area contributed by atoms with Gasteiger partial charge in [0.2, 0.25) is 15.9 Å². The Labute approximate surface area is 175 Å². The van der Waals surface area contributed by atoms with Crippen LogP contribution in [0.15, 0.2) is 29.3 Å². The molecule has 0 saturated carbocycles. The van der Waals surface area contributed by atoms with Gasteiger partial charge in [0.25, 0.3) is 5.91 Å². The fraction of sp³-hybridized carbons (Fsp3) is 0.474. The number of hydrogen-bond acceptors (Lipinski definition) is 6. The van der Waals surface area contributed by atoms with E-state index in [0.717, 1.165) is 19.3 Å².